The van der Waals surface area contributed by atoms with Crippen LogP contribution >= 0.6 is 7.52 Å². The second-order valence-electron chi connectivity index (χ2n) is 3.55. The number of carbonyl (C=O) groups is 1. The molecule has 0 aromatic rings. The average molecular weight is 224 g/mol. The number of rotatable bonds is 6. The van der Waals surface area contributed by atoms with E-state index in [2.05, 4.69) is 5.09 Å². The van der Waals surface area contributed by atoms with Crippen molar-refractivity contribution in [2.45, 2.75) is 26.1 Å². The topological polar surface area (TPSA) is 113 Å². The average Bonchev–Trinajstić information content (AvgIpc) is 1.99. The first kappa shape index (κ1) is 13.6. The number of aliphatic carboxylic acids is 1. The van der Waals surface area contributed by atoms with E-state index in [1.807, 2.05) is 13.8 Å². The summed E-state index contributed by atoms with van der Waals surface area (Å²) in [6.45, 7) is 3.19. The molecule has 2 unspecified atom stereocenters. The van der Waals surface area contributed by atoms with Gasteiger partial charge in [0.15, 0.2) is 0 Å². The van der Waals surface area contributed by atoms with E-state index in [1.165, 1.54) is 0 Å². The van der Waals surface area contributed by atoms with Crippen LogP contribution in [0.2, 0.25) is 0 Å². The van der Waals surface area contributed by atoms with E-state index in [1.54, 1.807) is 0 Å². The first-order valence-corrected chi connectivity index (χ1v) is 6.03. The molecule has 7 heteroatoms. The van der Waals surface area contributed by atoms with Gasteiger partial charge in [-0.2, -0.15) is 0 Å². The van der Waals surface area contributed by atoms with Crippen LogP contribution in [-0.2, 0) is 9.36 Å². The largest absolute Gasteiger partial charge is 0.480 e. The summed E-state index contributed by atoms with van der Waals surface area (Å²) in [5.41, 5.74) is 5.47. The normalized spacial score (nSPS) is 17.8. The minimum Gasteiger partial charge on any atom is -0.480 e. The monoisotopic (exact) mass is 224 g/mol. The van der Waals surface area contributed by atoms with Crippen LogP contribution in [0.3, 0.4) is 0 Å². The van der Waals surface area contributed by atoms with E-state index in [0.29, 0.717) is 6.42 Å². The molecular formula is C7H17N2O4P. The maximum absolute atomic E-state index is 11.4. The van der Waals surface area contributed by atoms with Crippen LogP contribution < -0.4 is 10.8 Å². The molecule has 0 amide bonds. The Morgan fingerprint density at radius 3 is 2.43 bits per heavy atom. The van der Waals surface area contributed by atoms with Crippen molar-refractivity contribution in [3.63, 3.8) is 0 Å². The maximum Gasteiger partial charge on any atom is 0.317 e. The van der Waals surface area contributed by atoms with Gasteiger partial charge in [0.05, 0.1) is 5.78 Å². The minimum atomic E-state index is -3.74. The van der Waals surface area contributed by atoms with Gasteiger partial charge in [-0.25, -0.2) is 5.09 Å². The molecule has 0 heterocycles. The Balaban J connectivity index is 4.16. The van der Waals surface area contributed by atoms with Crippen molar-refractivity contribution in [2.75, 3.05) is 6.54 Å². The number of nitrogens with two attached hydrogens (primary N) is 1. The zero-order valence-electron chi connectivity index (χ0n) is 8.30. The van der Waals surface area contributed by atoms with Crippen molar-refractivity contribution in [2.24, 2.45) is 11.7 Å². The molecule has 0 saturated heterocycles. The van der Waals surface area contributed by atoms with Gasteiger partial charge >= 0.3 is 5.97 Å². The molecule has 84 valence electrons. The third-order valence-corrected chi connectivity index (χ3v) is 3.34. The van der Waals surface area contributed by atoms with Gasteiger partial charge in [0.1, 0.15) is 6.54 Å². The third-order valence-electron chi connectivity index (χ3n) is 1.62. The SMILES string of the molecule is CC(C)CC(N)P(=O)(O)NCC(=O)O. The molecule has 0 radical (unpaired) electrons. The Kier molecular flexibility index (Phi) is 5.29. The van der Waals surface area contributed by atoms with Gasteiger partial charge in [-0.15, -0.1) is 0 Å². The lowest BCUT2D eigenvalue weighted by atomic mass is 10.1. The van der Waals surface area contributed by atoms with E-state index in [4.69, 9.17) is 10.8 Å². The van der Waals surface area contributed by atoms with Crippen LogP contribution in [0.1, 0.15) is 20.3 Å². The van der Waals surface area contributed by atoms with Crippen molar-refractivity contribution in [1.82, 2.24) is 5.09 Å². The molecule has 0 aliphatic carbocycles. The van der Waals surface area contributed by atoms with E-state index in [0.717, 1.165) is 0 Å². The molecule has 0 rings (SSSR count). The molecule has 6 nitrogen and oxygen atoms in total. The summed E-state index contributed by atoms with van der Waals surface area (Å²) in [4.78, 5) is 19.5. The van der Waals surface area contributed by atoms with Crippen LogP contribution in [0, 0.1) is 5.92 Å². The summed E-state index contributed by atoms with van der Waals surface area (Å²) in [6.07, 6.45) is 0.375. The lowest BCUT2D eigenvalue weighted by molar-refractivity contribution is -0.135. The molecule has 0 aromatic carbocycles. The number of carboxylic acid groups (broad SMARTS) is 1. The van der Waals surface area contributed by atoms with Gasteiger partial charge in [-0.1, -0.05) is 13.8 Å². The van der Waals surface area contributed by atoms with E-state index in [9.17, 15) is 14.3 Å². The summed E-state index contributed by atoms with van der Waals surface area (Å²) in [5.74, 6) is -1.91. The first-order chi connectivity index (χ1) is 6.25. The molecule has 0 aromatic heterocycles. The van der Waals surface area contributed by atoms with Gasteiger partial charge in [-0.05, 0) is 12.3 Å². The quantitative estimate of drug-likeness (QED) is 0.478. The molecule has 5 N–H and O–H groups in total. The fourth-order valence-corrected chi connectivity index (χ4v) is 2.23. The van der Waals surface area contributed by atoms with Gasteiger partial charge < -0.3 is 15.7 Å². The standard InChI is InChI=1S/C7H17N2O4P/c1-5(2)3-6(8)14(12,13)9-4-7(10)11/h5-6H,3-4,8H2,1-2H3,(H,10,11)(H2,9,12,13). The summed E-state index contributed by atoms with van der Waals surface area (Å²) in [5, 5.41) is 10.4. The van der Waals surface area contributed by atoms with Crippen molar-refractivity contribution >= 4 is 13.5 Å². The molecule has 0 bridgehead atoms. The Morgan fingerprint density at radius 1 is 1.57 bits per heavy atom. The smallest absolute Gasteiger partial charge is 0.317 e. The highest BCUT2D eigenvalue weighted by Gasteiger charge is 2.28. The number of hydrogen-bond donors (Lipinski definition) is 4. The molecule has 0 aliphatic rings. The minimum absolute atomic E-state index is 0.192. The Labute approximate surface area is 83.0 Å². The van der Waals surface area contributed by atoms with Crippen LogP contribution in [0.5, 0.6) is 0 Å². The van der Waals surface area contributed by atoms with Crippen molar-refractivity contribution in [3.8, 4) is 0 Å². The third kappa shape index (κ3) is 5.34. The summed E-state index contributed by atoms with van der Waals surface area (Å²) in [7, 11) is -3.74. The summed E-state index contributed by atoms with van der Waals surface area (Å²) >= 11 is 0. The Morgan fingerprint density at radius 2 is 2.07 bits per heavy atom. The summed E-state index contributed by atoms with van der Waals surface area (Å²) < 4.78 is 11.4. The van der Waals surface area contributed by atoms with E-state index in [-0.39, 0.29) is 5.92 Å². The fourth-order valence-electron chi connectivity index (χ4n) is 0.924. The second-order valence-corrected chi connectivity index (χ2v) is 5.77. The highest BCUT2D eigenvalue weighted by atomic mass is 31.2. The predicted octanol–water partition coefficient (Wildman–Crippen LogP) is 0.177. The summed E-state index contributed by atoms with van der Waals surface area (Å²) in [6, 6.07) is 0. The molecule has 2 atom stereocenters. The molecule has 0 spiro atoms. The predicted molar refractivity (Wildman–Crippen MR) is 52.9 cm³/mol. The highest BCUT2D eigenvalue weighted by Crippen LogP contribution is 2.41. The van der Waals surface area contributed by atoms with E-state index < -0.39 is 25.8 Å². The lowest BCUT2D eigenvalue weighted by Crippen LogP contribution is -2.31. The van der Waals surface area contributed by atoms with Gasteiger partial charge in [0.25, 0.3) is 7.52 Å². The van der Waals surface area contributed by atoms with Crippen molar-refractivity contribution < 1.29 is 19.4 Å². The Hall–Kier alpha value is -0.420. The molecule has 0 fully saturated rings. The molecule has 0 aliphatic heterocycles. The van der Waals surface area contributed by atoms with Crippen molar-refractivity contribution in [1.29, 1.82) is 0 Å². The van der Waals surface area contributed by atoms with E-state index >= 15 is 0 Å². The number of hydrogen-bond acceptors (Lipinski definition) is 3. The fraction of sp³-hybridized carbons (Fsp3) is 0.857. The zero-order chi connectivity index (χ0) is 11.4. The van der Waals surface area contributed by atoms with Gasteiger partial charge in [0.2, 0.25) is 0 Å². The lowest BCUT2D eigenvalue weighted by Gasteiger charge is -2.20. The van der Waals surface area contributed by atoms with Crippen molar-refractivity contribution in [3.05, 3.63) is 0 Å². The van der Waals surface area contributed by atoms with Crippen LogP contribution in [0.4, 0.5) is 0 Å². The molecule has 14 heavy (non-hydrogen) atoms. The first-order valence-electron chi connectivity index (χ1n) is 4.30. The maximum atomic E-state index is 11.4. The van der Waals surface area contributed by atoms with Crippen LogP contribution in [-0.4, -0.2) is 28.3 Å². The van der Waals surface area contributed by atoms with Gasteiger partial charge in [-0.3, -0.25) is 9.36 Å². The molecular weight excluding hydrogens is 207 g/mol. The zero-order valence-corrected chi connectivity index (χ0v) is 9.20. The number of nitrogens with one attached hydrogen (secondary N) is 1. The number of carboxylic acids is 1. The molecule has 0 saturated carbocycles. The van der Waals surface area contributed by atoms with Crippen LogP contribution in [0.25, 0.3) is 0 Å². The van der Waals surface area contributed by atoms with Gasteiger partial charge in [0, 0.05) is 0 Å². The van der Waals surface area contributed by atoms with Crippen LogP contribution in [0.15, 0.2) is 0 Å². The second kappa shape index (κ2) is 5.46. The highest BCUT2D eigenvalue weighted by molar-refractivity contribution is 7.56. The Bertz CT molecular complexity index is 244.